The van der Waals surface area contributed by atoms with Gasteiger partial charge in [-0.15, -0.1) is 21.5 Å². The SMILES string of the molecule is CCOC(=O)c1cnc(-c2ccc(NC(C(=O)OC(C)(C)C)C3(c4ncccc4F)CCC3)nn2)s1. The van der Waals surface area contributed by atoms with Crippen molar-refractivity contribution in [2.75, 3.05) is 11.9 Å². The van der Waals surface area contributed by atoms with Crippen LogP contribution in [0.15, 0.2) is 36.7 Å². The molecule has 3 aromatic heterocycles. The van der Waals surface area contributed by atoms with Gasteiger partial charge in [-0.05, 0) is 64.8 Å². The fourth-order valence-corrected chi connectivity index (χ4v) is 4.89. The zero-order valence-electron chi connectivity index (χ0n) is 20.6. The van der Waals surface area contributed by atoms with Gasteiger partial charge in [-0.25, -0.2) is 19.0 Å². The Morgan fingerprint density at radius 3 is 2.56 bits per heavy atom. The molecule has 0 spiro atoms. The third kappa shape index (κ3) is 5.35. The Bertz CT molecular complexity index is 1240. The van der Waals surface area contributed by atoms with Crippen LogP contribution < -0.4 is 5.32 Å². The van der Waals surface area contributed by atoms with E-state index in [1.807, 2.05) is 0 Å². The highest BCUT2D eigenvalue weighted by atomic mass is 32.1. The van der Waals surface area contributed by atoms with Crippen LogP contribution in [-0.2, 0) is 19.7 Å². The summed E-state index contributed by atoms with van der Waals surface area (Å²) in [5, 5.41) is 12.1. The molecule has 0 bridgehead atoms. The Hall–Kier alpha value is -3.47. The molecule has 1 N–H and O–H groups in total. The maximum Gasteiger partial charge on any atom is 0.349 e. The number of halogens is 1. The topological polar surface area (TPSA) is 116 Å². The van der Waals surface area contributed by atoms with E-state index in [2.05, 4.69) is 25.5 Å². The lowest BCUT2D eigenvalue weighted by molar-refractivity contribution is -0.158. The number of anilines is 1. The summed E-state index contributed by atoms with van der Waals surface area (Å²) in [5.41, 5.74) is -0.915. The average Bonchev–Trinajstić information content (AvgIpc) is 3.29. The van der Waals surface area contributed by atoms with Crippen molar-refractivity contribution in [3.8, 4) is 10.7 Å². The van der Waals surface area contributed by atoms with Gasteiger partial charge in [0.1, 0.15) is 38.9 Å². The van der Waals surface area contributed by atoms with Gasteiger partial charge in [0.05, 0.1) is 18.5 Å². The first-order valence-corrected chi connectivity index (χ1v) is 12.5. The first kappa shape index (κ1) is 25.6. The van der Waals surface area contributed by atoms with Crippen LogP contribution in [-0.4, -0.2) is 50.4 Å². The zero-order chi connectivity index (χ0) is 25.9. The number of thiazole rings is 1. The van der Waals surface area contributed by atoms with E-state index >= 15 is 0 Å². The Morgan fingerprint density at radius 1 is 1.19 bits per heavy atom. The van der Waals surface area contributed by atoms with Crippen molar-refractivity contribution in [1.82, 2.24) is 20.2 Å². The molecule has 0 aliphatic heterocycles. The molecule has 190 valence electrons. The number of carbonyl (C=O) groups excluding carboxylic acids is 2. The molecular formula is C25H28FN5O4S. The molecule has 3 aromatic rings. The normalized spacial score (nSPS) is 15.5. The second-order valence-electron chi connectivity index (χ2n) is 9.51. The van der Waals surface area contributed by atoms with Gasteiger partial charge >= 0.3 is 11.9 Å². The molecule has 9 nitrogen and oxygen atoms in total. The van der Waals surface area contributed by atoms with Crippen molar-refractivity contribution in [2.45, 2.75) is 64.0 Å². The van der Waals surface area contributed by atoms with E-state index in [0.717, 1.165) is 17.8 Å². The highest BCUT2D eigenvalue weighted by Gasteiger charge is 2.53. The van der Waals surface area contributed by atoms with Crippen molar-refractivity contribution < 1.29 is 23.5 Å². The maximum atomic E-state index is 14.8. The number of esters is 2. The summed E-state index contributed by atoms with van der Waals surface area (Å²) >= 11 is 1.15. The van der Waals surface area contributed by atoms with E-state index in [0.29, 0.717) is 34.2 Å². The van der Waals surface area contributed by atoms with Crippen LogP contribution in [0.4, 0.5) is 10.2 Å². The average molecular weight is 514 g/mol. The summed E-state index contributed by atoms with van der Waals surface area (Å²) in [6.07, 6.45) is 4.93. The first-order chi connectivity index (χ1) is 17.1. The molecule has 1 aliphatic rings. The van der Waals surface area contributed by atoms with E-state index in [1.54, 1.807) is 39.8 Å². The summed E-state index contributed by atoms with van der Waals surface area (Å²) in [6, 6.07) is 5.29. The standard InChI is InChI=1S/C25H28FN5O4S/c1-5-34-22(32)17-14-28-21(36-17)16-9-10-18(31-30-16)29-20(23(33)35-24(2,3)4)25(11-7-12-25)19-15(26)8-6-13-27-19/h6,8-10,13-14,20H,5,7,11-12H2,1-4H3,(H,29,31). The molecule has 11 heteroatoms. The summed E-state index contributed by atoms with van der Waals surface area (Å²) in [7, 11) is 0. The maximum absolute atomic E-state index is 14.8. The number of nitrogens with zero attached hydrogens (tertiary/aromatic N) is 4. The van der Waals surface area contributed by atoms with Gasteiger partial charge in [0.15, 0.2) is 0 Å². The Balaban J connectivity index is 1.62. The Labute approximate surface area is 212 Å². The minimum absolute atomic E-state index is 0.235. The van der Waals surface area contributed by atoms with Crippen LogP contribution in [0.2, 0.25) is 0 Å². The molecule has 3 heterocycles. The summed E-state index contributed by atoms with van der Waals surface area (Å²) in [4.78, 5) is 34.2. The number of hydrogen-bond donors (Lipinski definition) is 1. The van der Waals surface area contributed by atoms with Gasteiger partial charge in [-0.1, -0.05) is 6.42 Å². The van der Waals surface area contributed by atoms with E-state index in [4.69, 9.17) is 9.47 Å². The first-order valence-electron chi connectivity index (χ1n) is 11.7. The fraction of sp³-hybridized carbons (Fsp3) is 0.440. The van der Waals surface area contributed by atoms with E-state index in [9.17, 15) is 14.0 Å². The van der Waals surface area contributed by atoms with Gasteiger partial charge in [-0.2, -0.15) is 0 Å². The molecule has 0 radical (unpaired) electrons. The fourth-order valence-electron chi connectivity index (χ4n) is 4.12. The lowest BCUT2D eigenvalue weighted by atomic mass is 9.61. The molecule has 0 saturated heterocycles. The minimum Gasteiger partial charge on any atom is -0.462 e. The summed E-state index contributed by atoms with van der Waals surface area (Å²) in [5.74, 6) is -1.10. The monoisotopic (exact) mass is 513 g/mol. The Morgan fingerprint density at radius 2 is 1.97 bits per heavy atom. The van der Waals surface area contributed by atoms with Gasteiger partial charge in [0.2, 0.25) is 0 Å². The number of pyridine rings is 1. The molecule has 1 atom stereocenters. The number of aromatic nitrogens is 4. The predicted octanol–water partition coefficient (Wildman–Crippen LogP) is 4.56. The van der Waals surface area contributed by atoms with E-state index in [-0.39, 0.29) is 12.3 Å². The highest BCUT2D eigenvalue weighted by Crippen LogP contribution is 2.48. The van der Waals surface area contributed by atoms with Crippen molar-refractivity contribution in [3.05, 3.63) is 53.0 Å². The largest absolute Gasteiger partial charge is 0.462 e. The van der Waals surface area contributed by atoms with Crippen LogP contribution in [0, 0.1) is 5.82 Å². The highest BCUT2D eigenvalue weighted by molar-refractivity contribution is 7.16. The molecule has 0 aromatic carbocycles. The summed E-state index contributed by atoms with van der Waals surface area (Å²) < 4.78 is 25.5. The lowest BCUT2D eigenvalue weighted by Crippen LogP contribution is -2.56. The molecule has 36 heavy (non-hydrogen) atoms. The van der Waals surface area contributed by atoms with Crippen molar-refractivity contribution in [1.29, 1.82) is 0 Å². The van der Waals surface area contributed by atoms with Crippen LogP contribution >= 0.6 is 11.3 Å². The molecular weight excluding hydrogens is 485 g/mol. The minimum atomic E-state index is -0.926. The summed E-state index contributed by atoms with van der Waals surface area (Å²) in [6.45, 7) is 7.35. The molecule has 1 aliphatic carbocycles. The second-order valence-corrected chi connectivity index (χ2v) is 10.5. The van der Waals surface area contributed by atoms with Crippen LogP contribution in [0.3, 0.4) is 0 Å². The second kappa shape index (κ2) is 10.3. The number of ether oxygens (including phenoxy) is 2. The van der Waals surface area contributed by atoms with Crippen LogP contribution in [0.5, 0.6) is 0 Å². The van der Waals surface area contributed by atoms with Crippen molar-refractivity contribution in [3.63, 3.8) is 0 Å². The number of carbonyl (C=O) groups is 2. The number of hydrogen-bond acceptors (Lipinski definition) is 10. The van der Waals surface area contributed by atoms with Gasteiger partial charge < -0.3 is 14.8 Å². The van der Waals surface area contributed by atoms with Gasteiger partial charge in [0.25, 0.3) is 0 Å². The Kier molecular flexibility index (Phi) is 7.30. The molecule has 1 unspecified atom stereocenters. The number of rotatable bonds is 8. The zero-order valence-corrected chi connectivity index (χ0v) is 21.4. The van der Waals surface area contributed by atoms with Crippen LogP contribution in [0.1, 0.15) is 62.3 Å². The van der Waals surface area contributed by atoms with Crippen LogP contribution in [0.25, 0.3) is 10.7 Å². The third-order valence-corrected chi connectivity index (χ3v) is 6.83. The van der Waals surface area contributed by atoms with E-state index < -0.39 is 34.8 Å². The smallest absolute Gasteiger partial charge is 0.349 e. The third-order valence-electron chi connectivity index (χ3n) is 5.83. The van der Waals surface area contributed by atoms with Gasteiger partial charge in [-0.3, -0.25) is 4.98 Å². The van der Waals surface area contributed by atoms with E-state index in [1.165, 1.54) is 24.5 Å². The molecule has 0 amide bonds. The predicted molar refractivity (Wildman–Crippen MR) is 132 cm³/mol. The quantitative estimate of drug-likeness (QED) is 0.433. The van der Waals surface area contributed by atoms with Crippen molar-refractivity contribution >= 4 is 29.1 Å². The number of nitrogens with one attached hydrogen (secondary N) is 1. The van der Waals surface area contributed by atoms with Gasteiger partial charge in [0, 0.05) is 11.6 Å². The molecule has 1 saturated carbocycles. The van der Waals surface area contributed by atoms with Crippen molar-refractivity contribution in [2.24, 2.45) is 0 Å². The lowest BCUT2D eigenvalue weighted by Gasteiger charge is -2.46. The molecule has 4 rings (SSSR count). The molecule has 1 fully saturated rings.